The SMILES string of the molecule is C1NC[C@@H]2CC12.Cc1cc(C)c(-c2cc3cc(NC(=O)O)ncc3cc2F)cn1. The Kier molecular flexibility index (Phi) is 5.15. The summed E-state index contributed by atoms with van der Waals surface area (Å²) >= 11 is 0. The fourth-order valence-electron chi connectivity index (χ4n) is 3.79. The first-order valence-electron chi connectivity index (χ1n) is 9.64. The molecule has 2 aliphatic rings. The van der Waals surface area contributed by atoms with Gasteiger partial charge in [-0.05, 0) is 80.4 Å². The van der Waals surface area contributed by atoms with Gasteiger partial charge in [-0.1, -0.05) is 0 Å². The van der Waals surface area contributed by atoms with E-state index in [0.29, 0.717) is 21.9 Å². The van der Waals surface area contributed by atoms with Gasteiger partial charge >= 0.3 is 6.09 Å². The van der Waals surface area contributed by atoms with Gasteiger partial charge in [0.2, 0.25) is 0 Å². The van der Waals surface area contributed by atoms with Crippen LogP contribution in [0.3, 0.4) is 0 Å². The van der Waals surface area contributed by atoms with E-state index < -0.39 is 6.09 Å². The fraction of sp³-hybridized carbons (Fsp3) is 0.318. The van der Waals surface area contributed by atoms with Gasteiger partial charge in [-0.25, -0.2) is 14.2 Å². The largest absolute Gasteiger partial charge is 0.465 e. The molecule has 2 fully saturated rings. The molecule has 1 amide bonds. The van der Waals surface area contributed by atoms with Crippen LogP contribution in [0.4, 0.5) is 15.0 Å². The summed E-state index contributed by atoms with van der Waals surface area (Å²) in [5, 5.41) is 15.6. The maximum absolute atomic E-state index is 14.4. The Bertz CT molecular complexity index is 1080. The zero-order valence-electron chi connectivity index (χ0n) is 16.4. The van der Waals surface area contributed by atoms with Crippen LogP contribution in [-0.4, -0.2) is 34.3 Å². The molecule has 1 saturated carbocycles. The summed E-state index contributed by atoms with van der Waals surface area (Å²) in [5.74, 6) is 2.03. The Labute approximate surface area is 168 Å². The summed E-state index contributed by atoms with van der Waals surface area (Å²) in [6.07, 6.45) is 3.41. The molecule has 150 valence electrons. The van der Waals surface area contributed by atoms with Crippen molar-refractivity contribution >= 4 is 22.7 Å². The summed E-state index contributed by atoms with van der Waals surface area (Å²) in [5.41, 5.74) is 2.92. The number of nitrogens with one attached hydrogen (secondary N) is 2. The maximum atomic E-state index is 14.4. The lowest BCUT2D eigenvalue weighted by Gasteiger charge is -2.10. The smallest absolute Gasteiger partial charge is 0.410 e. The van der Waals surface area contributed by atoms with Crippen LogP contribution in [0.1, 0.15) is 17.7 Å². The second kappa shape index (κ2) is 7.75. The second-order valence-corrected chi connectivity index (χ2v) is 7.73. The molecular formula is C22H23FN4O2. The van der Waals surface area contributed by atoms with Crippen molar-refractivity contribution in [3.8, 4) is 11.1 Å². The number of hydrogen-bond donors (Lipinski definition) is 3. The van der Waals surface area contributed by atoms with Crippen LogP contribution in [0.2, 0.25) is 0 Å². The number of aryl methyl sites for hydroxylation is 2. The van der Waals surface area contributed by atoms with Crippen molar-refractivity contribution in [3.05, 3.63) is 53.7 Å². The summed E-state index contributed by atoms with van der Waals surface area (Å²) < 4.78 is 14.4. The van der Waals surface area contributed by atoms with Crippen LogP contribution < -0.4 is 10.6 Å². The average molecular weight is 394 g/mol. The lowest BCUT2D eigenvalue weighted by atomic mass is 9.99. The minimum Gasteiger partial charge on any atom is -0.465 e. The van der Waals surface area contributed by atoms with E-state index in [0.717, 1.165) is 23.1 Å². The highest BCUT2D eigenvalue weighted by atomic mass is 19.1. The highest BCUT2D eigenvalue weighted by Gasteiger charge is 2.40. The molecule has 0 radical (unpaired) electrons. The third-order valence-electron chi connectivity index (χ3n) is 5.46. The number of pyridine rings is 2. The van der Waals surface area contributed by atoms with Crippen LogP contribution >= 0.6 is 0 Å². The third kappa shape index (κ3) is 4.35. The standard InChI is InChI=1S/C17H14FN3O2.C5H9N/c1-9-3-10(2)19-8-14(9)13-4-11-6-16(21-17(22)23)20-7-12(11)5-15(13)18;1-4-2-6-3-5(1)4/h3-8H,1-2H3,(H,20,21)(H,22,23);4-6H,1-3H2/t;4-,5?/m.0/s1. The number of aromatic nitrogens is 2. The quantitative estimate of drug-likeness (QED) is 0.601. The number of halogens is 1. The van der Waals surface area contributed by atoms with Crippen LogP contribution in [0.5, 0.6) is 0 Å². The van der Waals surface area contributed by atoms with Crippen molar-refractivity contribution in [3.63, 3.8) is 0 Å². The number of anilines is 1. The van der Waals surface area contributed by atoms with E-state index in [9.17, 15) is 9.18 Å². The van der Waals surface area contributed by atoms with Gasteiger partial charge in [0.15, 0.2) is 0 Å². The number of carbonyl (C=O) groups is 1. The molecule has 1 unspecified atom stereocenters. The van der Waals surface area contributed by atoms with E-state index in [1.807, 2.05) is 19.9 Å². The Hall–Kier alpha value is -3.06. The summed E-state index contributed by atoms with van der Waals surface area (Å²) in [7, 11) is 0. The Balaban J connectivity index is 0.000000286. The Morgan fingerprint density at radius 1 is 1.07 bits per heavy atom. The van der Waals surface area contributed by atoms with Crippen LogP contribution in [0.25, 0.3) is 21.9 Å². The molecule has 1 aliphatic heterocycles. The number of hydrogen-bond acceptors (Lipinski definition) is 4. The van der Waals surface area contributed by atoms with E-state index in [1.54, 1.807) is 18.3 Å². The monoisotopic (exact) mass is 394 g/mol. The lowest BCUT2D eigenvalue weighted by Crippen LogP contribution is -2.10. The molecule has 29 heavy (non-hydrogen) atoms. The molecule has 2 aromatic heterocycles. The topological polar surface area (TPSA) is 87.1 Å². The van der Waals surface area contributed by atoms with E-state index in [-0.39, 0.29) is 11.6 Å². The van der Waals surface area contributed by atoms with Crippen LogP contribution in [-0.2, 0) is 0 Å². The van der Waals surface area contributed by atoms with Gasteiger partial charge < -0.3 is 10.4 Å². The molecule has 7 heteroatoms. The molecule has 2 atom stereocenters. The second-order valence-electron chi connectivity index (χ2n) is 7.73. The lowest BCUT2D eigenvalue weighted by molar-refractivity contribution is 0.209. The van der Waals surface area contributed by atoms with Crippen molar-refractivity contribution < 1.29 is 14.3 Å². The molecule has 0 spiro atoms. The molecule has 1 aromatic carbocycles. The first kappa shape index (κ1) is 19.3. The maximum Gasteiger partial charge on any atom is 0.410 e. The van der Waals surface area contributed by atoms with E-state index in [1.165, 1.54) is 31.8 Å². The van der Waals surface area contributed by atoms with E-state index in [2.05, 4.69) is 20.6 Å². The highest BCUT2D eigenvalue weighted by molar-refractivity contribution is 5.91. The van der Waals surface area contributed by atoms with Crippen LogP contribution in [0.15, 0.2) is 36.7 Å². The number of benzene rings is 1. The average Bonchev–Trinajstić information content (AvgIpc) is 3.27. The molecule has 3 N–H and O–H groups in total. The van der Waals surface area contributed by atoms with Gasteiger partial charge in [0.25, 0.3) is 0 Å². The van der Waals surface area contributed by atoms with Gasteiger partial charge in [-0.2, -0.15) is 0 Å². The Morgan fingerprint density at radius 3 is 2.41 bits per heavy atom. The molecular weight excluding hydrogens is 371 g/mol. The van der Waals surface area contributed by atoms with Crippen molar-refractivity contribution in [2.24, 2.45) is 11.8 Å². The van der Waals surface area contributed by atoms with Gasteiger partial charge in [-0.15, -0.1) is 0 Å². The van der Waals surface area contributed by atoms with Crippen molar-refractivity contribution in [1.29, 1.82) is 0 Å². The number of fused-ring (bicyclic) bond motifs is 2. The van der Waals surface area contributed by atoms with Crippen molar-refractivity contribution in [2.75, 3.05) is 18.4 Å². The number of rotatable bonds is 2. The molecule has 1 aliphatic carbocycles. The third-order valence-corrected chi connectivity index (χ3v) is 5.46. The fourth-order valence-corrected chi connectivity index (χ4v) is 3.79. The van der Waals surface area contributed by atoms with E-state index in [4.69, 9.17) is 5.11 Å². The normalized spacial score (nSPS) is 19.3. The zero-order valence-corrected chi connectivity index (χ0v) is 16.4. The van der Waals surface area contributed by atoms with Crippen molar-refractivity contribution in [1.82, 2.24) is 15.3 Å². The van der Waals surface area contributed by atoms with Gasteiger partial charge in [0.05, 0.1) is 0 Å². The van der Waals surface area contributed by atoms with Crippen LogP contribution in [0, 0.1) is 31.5 Å². The molecule has 6 nitrogen and oxygen atoms in total. The number of piperidine rings is 1. The molecule has 3 heterocycles. The number of nitrogens with zero attached hydrogens (tertiary/aromatic N) is 2. The predicted molar refractivity (Wildman–Crippen MR) is 111 cm³/mol. The van der Waals surface area contributed by atoms with Gasteiger partial charge in [0.1, 0.15) is 11.6 Å². The first-order valence-corrected chi connectivity index (χ1v) is 9.64. The molecule has 3 aromatic rings. The summed E-state index contributed by atoms with van der Waals surface area (Å²) in [6, 6.07) is 6.53. The predicted octanol–water partition coefficient (Wildman–Crippen LogP) is 4.37. The van der Waals surface area contributed by atoms with Gasteiger partial charge in [0, 0.05) is 34.6 Å². The first-order chi connectivity index (χ1) is 13.9. The summed E-state index contributed by atoms with van der Waals surface area (Å²) in [4.78, 5) is 18.9. The highest BCUT2D eigenvalue weighted by Crippen LogP contribution is 2.40. The Morgan fingerprint density at radius 2 is 1.83 bits per heavy atom. The minimum absolute atomic E-state index is 0.196. The zero-order chi connectivity index (χ0) is 20.5. The summed E-state index contributed by atoms with van der Waals surface area (Å²) in [6.45, 7) is 6.40. The van der Waals surface area contributed by atoms with Gasteiger partial charge in [-0.3, -0.25) is 10.3 Å². The molecule has 5 rings (SSSR count). The number of amides is 1. The minimum atomic E-state index is -1.20. The molecule has 1 saturated heterocycles. The van der Waals surface area contributed by atoms with E-state index >= 15 is 0 Å². The van der Waals surface area contributed by atoms with Crippen molar-refractivity contribution in [2.45, 2.75) is 20.3 Å². The number of carboxylic acid groups (broad SMARTS) is 1. The molecule has 0 bridgehead atoms.